The number of hydrogen-bond acceptors (Lipinski definition) is 8. The van der Waals surface area contributed by atoms with E-state index in [1.165, 1.54) is 11.1 Å². The molecule has 1 N–H and O–H groups in total. The number of anilines is 3. The van der Waals surface area contributed by atoms with Crippen molar-refractivity contribution in [1.29, 1.82) is 0 Å². The van der Waals surface area contributed by atoms with E-state index in [-0.39, 0.29) is 0 Å². The van der Waals surface area contributed by atoms with Crippen molar-refractivity contribution >= 4 is 17.5 Å². The van der Waals surface area contributed by atoms with Crippen LogP contribution in [0.5, 0.6) is 17.2 Å². The molecule has 29 heavy (non-hydrogen) atoms. The molecular formula is C21H23N5O3. The molecule has 0 amide bonds. The topological polar surface area (TPSA) is 81.6 Å². The van der Waals surface area contributed by atoms with Crippen molar-refractivity contribution in [1.82, 2.24) is 15.2 Å². The molecule has 0 saturated heterocycles. The summed E-state index contributed by atoms with van der Waals surface area (Å²) in [5, 5.41) is 11.6. The smallest absolute Gasteiger partial charge is 0.247 e. The van der Waals surface area contributed by atoms with Crippen molar-refractivity contribution < 1.29 is 14.2 Å². The summed E-state index contributed by atoms with van der Waals surface area (Å²) >= 11 is 0. The van der Waals surface area contributed by atoms with Gasteiger partial charge in [-0.2, -0.15) is 10.1 Å². The van der Waals surface area contributed by atoms with E-state index in [1.54, 1.807) is 27.5 Å². The lowest BCUT2D eigenvalue weighted by Gasteiger charge is -2.28. The minimum atomic E-state index is 0.536. The first kappa shape index (κ1) is 18.8. The maximum Gasteiger partial charge on any atom is 0.247 e. The molecule has 150 valence electrons. The van der Waals surface area contributed by atoms with Gasteiger partial charge in [-0.25, -0.2) is 0 Å². The second-order valence-corrected chi connectivity index (χ2v) is 6.62. The fourth-order valence-electron chi connectivity index (χ4n) is 3.46. The van der Waals surface area contributed by atoms with Crippen LogP contribution >= 0.6 is 0 Å². The molecule has 0 atom stereocenters. The highest BCUT2D eigenvalue weighted by Gasteiger charge is 2.19. The number of fused-ring (bicyclic) bond motifs is 1. The number of hydrogen-bond donors (Lipinski definition) is 1. The third kappa shape index (κ3) is 3.87. The Morgan fingerprint density at radius 1 is 0.966 bits per heavy atom. The van der Waals surface area contributed by atoms with Gasteiger partial charge >= 0.3 is 0 Å². The zero-order chi connectivity index (χ0) is 20.2. The van der Waals surface area contributed by atoms with Gasteiger partial charge in [0.25, 0.3) is 0 Å². The SMILES string of the molecule is COc1cc(Nc2cnnc(N3CCc4ccccc4C3)n2)cc(OC)c1OC. The molecule has 4 rings (SSSR count). The summed E-state index contributed by atoms with van der Waals surface area (Å²) in [5.41, 5.74) is 3.42. The molecule has 2 aromatic carbocycles. The van der Waals surface area contributed by atoms with E-state index in [2.05, 4.69) is 49.7 Å². The van der Waals surface area contributed by atoms with Gasteiger partial charge in [-0.15, -0.1) is 5.10 Å². The van der Waals surface area contributed by atoms with Crippen molar-refractivity contribution in [3.8, 4) is 17.2 Å². The molecule has 1 aromatic heterocycles. The summed E-state index contributed by atoms with van der Waals surface area (Å²) in [7, 11) is 4.74. The van der Waals surface area contributed by atoms with Crippen molar-refractivity contribution in [3.63, 3.8) is 0 Å². The second kappa shape index (κ2) is 8.22. The average Bonchev–Trinajstić information content (AvgIpc) is 2.78. The van der Waals surface area contributed by atoms with Gasteiger partial charge in [0.2, 0.25) is 11.7 Å². The predicted molar refractivity (Wildman–Crippen MR) is 110 cm³/mol. The molecule has 8 nitrogen and oxygen atoms in total. The summed E-state index contributed by atoms with van der Waals surface area (Å²) in [4.78, 5) is 6.78. The zero-order valence-electron chi connectivity index (χ0n) is 16.7. The standard InChI is InChI=1S/C21H23N5O3/c1-27-17-10-16(11-18(28-2)20(17)29-3)23-19-12-22-25-21(24-19)26-9-8-14-6-4-5-7-15(14)13-26/h4-7,10-12H,8-9,13H2,1-3H3,(H,23,24,25). The summed E-state index contributed by atoms with van der Waals surface area (Å²) in [5.74, 6) is 2.84. The van der Waals surface area contributed by atoms with E-state index in [1.807, 2.05) is 12.1 Å². The highest BCUT2D eigenvalue weighted by atomic mass is 16.5. The van der Waals surface area contributed by atoms with Crippen molar-refractivity contribution in [2.45, 2.75) is 13.0 Å². The minimum Gasteiger partial charge on any atom is -0.493 e. The van der Waals surface area contributed by atoms with Crippen LogP contribution in [0, 0.1) is 0 Å². The van der Waals surface area contributed by atoms with Gasteiger partial charge in [-0.1, -0.05) is 24.3 Å². The van der Waals surface area contributed by atoms with E-state index in [0.717, 1.165) is 25.2 Å². The third-order valence-corrected chi connectivity index (χ3v) is 4.90. The molecule has 0 bridgehead atoms. The lowest BCUT2D eigenvalue weighted by Crippen LogP contribution is -2.32. The Bertz CT molecular complexity index is 986. The maximum atomic E-state index is 5.41. The van der Waals surface area contributed by atoms with Crippen LogP contribution in [0.15, 0.2) is 42.6 Å². The number of ether oxygens (including phenoxy) is 3. The van der Waals surface area contributed by atoms with Gasteiger partial charge in [-0.3, -0.25) is 0 Å². The van der Waals surface area contributed by atoms with Crippen molar-refractivity contribution in [2.24, 2.45) is 0 Å². The number of nitrogens with one attached hydrogen (secondary N) is 1. The summed E-state index contributed by atoms with van der Waals surface area (Å²) in [6, 6.07) is 12.1. The molecular weight excluding hydrogens is 370 g/mol. The van der Waals surface area contributed by atoms with Crippen LogP contribution < -0.4 is 24.4 Å². The van der Waals surface area contributed by atoms with Gasteiger partial charge in [0.1, 0.15) is 0 Å². The summed E-state index contributed by atoms with van der Waals surface area (Å²) < 4.78 is 16.2. The predicted octanol–water partition coefficient (Wildman–Crippen LogP) is 3.20. The lowest BCUT2D eigenvalue weighted by molar-refractivity contribution is 0.324. The highest BCUT2D eigenvalue weighted by Crippen LogP contribution is 2.40. The van der Waals surface area contributed by atoms with Crippen LogP contribution in [-0.2, 0) is 13.0 Å². The normalized spacial score (nSPS) is 12.9. The molecule has 1 aliphatic heterocycles. The first-order valence-corrected chi connectivity index (χ1v) is 9.30. The lowest BCUT2D eigenvalue weighted by atomic mass is 10.0. The quantitative estimate of drug-likeness (QED) is 0.684. The Morgan fingerprint density at radius 3 is 2.38 bits per heavy atom. The first-order valence-electron chi connectivity index (χ1n) is 9.30. The minimum absolute atomic E-state index is 0.536. The molecule has 2 heterocycles. The molecule has 0 radical (unpaired) electrons. The molecule has 3 aromatic rings. The van der Waals surface area contributed by atoms with E-state index >= 15 is 0 Å². The molecule has 0 aliphatic carbocycles. The van der Waals surface area contributed by atoms with Gasteiger partial charge in [0.15, 0.2) is 17.3 Å². The Kier molecular flexibility index (Phi) is 5.33. The Hall–Kier alpha value is -3.55. The van der Waals surface area contributed by atoms with Crippen molar-refractivity contribution in [2.75, 3.05) is 38.1 Å². The largest absolute Gasteiger partial charge is 0.493 e. The van der Waals surface area contributed by atoms with Crippen LogP contribution in [0.4, 0.5) is 17.5 Å². The van der Waals surface area contributed by atoms with Crippen LogP contribution in [0.2, 0.25) is 0 Å². The van der Waals surface area contributed by atoms with E-state index in [4.69, 9.17) is 14.2 Å². The van der Waals surface area contributed by atoms with Crippen molar-refractivity contribution in [3.05, 3.63) is 53.7 Å². The molecule has 8 heteroatoms. The molecule has 0 fully saturated rings. The Balaban J connectivity index is 1.57. The fourth-order valence-corrected chi connectivity index (χ4v) is 3.46. The second-order valence-electron chi connectivity index (χ2n) is 6.62. The first-order chi connectivity index (χ1) is 14.2. The number of rotatable bonds is 6. The van der Waals surface area contributed by atoms with Gasteiger partial charge in [0, 0.05) is 30.9 Å². The number of methoxy groups -OCH3 is 3. The number of benzene rings is 2. The maximum absolute atomic E-state index is 5.41. The summed E-state index contributed by atoms with van der Waals surface area (Å²) in [6.45, 7) is 1.62. The highest BCUT2D eigenvalue weighted by molar-refractivity contribution is 5.66. The van der Waals surface area contributed by atoms with E-state index < -0.39 is 0 Å². The fraction of sp³-hybridized carbons (Fsp3) is 0.286. The average molecular weight is 393 g/mol. The Labute approximate surface area is 169 Å². The molecule has 1 aliphatic rings. The van der Waals surface area contributed by atoms with Gasteiger partial charge in [0.05, 0.1) is 27.5 Å². The van der Waals surface area contributed by atoms with E-state index in [0.29, 0.717) is 29.0 Å². The zero-order valence-corrected chi connectivity index (χ0v) is 16.7. The van der Waals surface area contributed by atoms with Gasteiger partial charge < -0.3 is 24.4 Å². The molecule has 0 spiro atoms. The summed E-state index contributed by atoms with van der Waals surface area (Å²) in [6.07, 6.45) is 2.55. The molecule has 0 saturated carbocycles. The van der Waals surface area contributed by atoms with Crippen LogP contribution in [0.3, 0.4) is 0 Å². The number of aromatic nitrogens is 3. The molecule has 0 unspecified atom stereocenters. The van der Waals surface area contributed by atoms with Crippen LogP contribution in [0.25, 0.3) is 0 Å². The Morgan fingerprint density at radius 2 is 1.69 bits per heavy atom. The van der Waals surface area contributed by atoms with Gasteiger partial charge in [-0.05, 0) is 17.5 Å². The van der Waals surface area contributed by atoms with Crippen LogP contribution in [0.1, 0.15) is 11.1 Å². The monoisotopic (exact) mass is 393 g/mol. The van der Waals surface area contributed by atoms with E-state index in [9.17, 15) is 0 Å². The number of nitrogens with zero attached hydrogens (tertiary/aromatic N) is 4. The van der Waals surface area contributed by atoms with Crippen LogP contribution in [-0.4, -0.2) is 43.1 Å². The third-order valence-electron chi connectivity index (χ3n) is 4.90.